The number of benzene rings is 1. The van der Waals surface area contributed by atoms with Crippen molar-refractivity contribution in [3.63, 3.8) is 0 Å². The summed E-state index contributed by atoms with van der Waals surface area (Å²) in [5.41, 5.74) is 0.444. The average Bonchev–Trinajstić information content (AvgIpc) is 3.38. The van der Waals surface area contributed by atoms with Crippen LogP contribution in [0.2, 0.25) is 0 Å². The number of anilines is 1. The quantitative estimate of drug-likeness (QED) is 0.336. The Bertz CT molecular complexity index is 1340. The molecule has 3 aromatic rings. The van der Waals surface area contributed by atoms with Crippen LogP contribution in [0, 0.1) is 0 Å². The van der Waals surface area contributed by atoms with E-state index >= 15 is 0 Å². The van der Waals surface area contributed by atoms with Gasteiger partial charge in [-0.15, -0.1) is 0 Å². The van der Waals surface area contributed by atoms with Gasteiger partial charge in [0.05, 0.1) is 37.4 Å². The molecule has 1 aromatic carbocycles. The van der Waals surface area contributed by atoms with Gasteiger partial charge in [0.15, 0.2) is 5.82 Å². The van der Waals surface area contributed by atoms with E-state index in [1.165, 1.54) is 4.57 Å². The lowest BCUT2D eigenvalue weighted by Crippen LogP contribution is -2.49. The molecule has 0 bridgehead atoms. The predicted molar refractivity (Wildman–Crippen MR) is 149 cm³/mol. The highest BCUT2D eigenvalue weighted by molar-refractivity contribution is 5.78. The van der Waals surface area contributed by atoms with Crippen molar-refractivity contribution >= 4 is 22.9 Å². The molecule has 2 fully saturated rings. The number of rotatable bonds is 10. The van der Waals surface area contributed by atoms with Crippen molar-refractivity contribution in [3.05, 3.63) is 36.2 Å². The van der Waals surface area contributed by atoms with Crippen LogP contribution in [0.1, 0.15) is 51.8 Å². The Morgan fingerprint density at radius 1 is 1.15 bits per heavy atom. The van der Waals surface area contributed by atoms with Gasteiger partial charge < -0.3 is 30.1 Å². The van der Waals surface area contributed by atoms with Gasteiger partial charge in [0, 0.05) is 30.7 Å². The molecule has 2 aliphatic rings. The predicted octanol–water partition coefficient (Wildman–Crippen LogP) is 2.76. The van der Waals surface area contributed by atoms with Gasteiger partial charge >= 0.3 is 0 Å². The molecular formula is C28H37F2N7O4. The van der Waals surface area contributed by atoms with Gasteiger partial charge in [0.1, 0.15) is 11.9 Å². The number of aliphatic hydroxyl groups excluding tert-OH is 1. The van der Waals surface area contributed by atoms with E-state index in [9.17, 15) is 18.7 Å². The van der Waals surface area contributed by atoms with Crippen LogP contribution in [-0.2, 0) is 9.53 Å². The standard InChI is InChI=1S/C28H37F2N7O4/c1-28(2,17-38)31-16-23(39)32-18-7-9-19(10-8-18)41-24-15-22(34-27(35-24)36-11-13-40-14-12-36)37-21-6-4-3-5-20(21)33-26(37)25(29)30/h3-6,15,18-19,25,31,38H,7-14,16-17H2,1-2H3,(H,32,39). The molecule has 1 aliphatic heterocycles. The van der Waals surface area contributed by atoms with Gasteiger partial charge in [-0.2, -0.15) is 9.97 Å². The summed E-state index contributed by atoms with van der Waals surface area (Å²) in [5, 5.41) is 15.5. The monoisotopic (exact) mass is 573 g/mol. The fraction of sp³-hybridized carbons (Fsp3) is 0.571. The summed E-state index contributed by atoms with van der Waals surface area (Å²) in [6, 6.07) is 8.58. The molecule has 0 atom stereocenters. The summed E-state index contributed by atoms with van der Waals surface area (Å²) in [6.45, 7) is 5.90. The highest BCUT2D eigenvalue weighted by Crippen LogP contribution is 2.31. The second-order valence-corrected chi connectivity index (χ2v) is 11.1. The number of fused-ring (bicyclic) bond motifs is 1. The van der Waals surface area contributed by atoms with Crippen LogP contribution >= 0.6 is 0 Å². The van der Waals surface area contributed by atoms with Crippen molar-refractivity contribution in [1.29, 1.82) is 0 Å². The number of nitrogens with one attached hydrogen (secondary N) is 2. The minimum atomic E-state index is -2.80. The Balaban J connectivity index is 1.33. The number of aromatic nitrogens is 4. The van der Waals surface area contributed by atoms with Crippen molar-refractivity contribution in [3.8, 4) is 11.7 Å². The van der Waals surface area contributed by atoms with Crippen molar-refractivity contribution in [2.24, 2.45) is 0 Å². The maximum atomic E-state index is 14.1. The number of imidazole rings is 1. The second kappa shape index (κ2) is 12.6. The van der Waals surface area contributed by atoms with E-state index in [1.54, 1.807) is 30.3 Å². The van der Waals surface area contributed by atoms with Crippen LogP contribution in [0.15, 0.2) is 30.3 Å². The van der Waals surface area contributed by atoms with Gasteiger partial charge in [-0.05, 0) is 51.7 Å². The summed E-state index contributed by atoms with van der Waals surface area (Å²) < 4.78 is 41.4. The molecule has 1 amide bonds. The van der Waals surface area contributed by atoms with Gasteiger partial charge in [-0.3, -0.25) is 9.36 Å². The minimum absolute atomic E-state index is 0.0252. The van der Waals surface area contributed by atoms with Crippen molar-refractivity contribution in [2.75, 3.05) is 44.4 Å². The van der Waals surface area contributed by atoms with E-state index in [1.807, 2.05) is 18.7 Å². The lowest BCUT2D eigenvalue weighted by Gasteiger charge is -2.31. The molecule has 222 valence electrons. The van der Waals surface area contributed by atoms with Crippen LogP contribution in [0.5, 0.6) is 5.88 Å². The molecule has 0 radical (unpaired) electrons. The number of alkyl halides is 2. The number of carbonyl (C=O) groups excluding carboxylic acids is 1. The summed E-state index contributed by atoms with van der Waals surface area (Å²) >= 11 is 0. The first-order valence-electron chi connectivity index (χ1n) is 14.0. The Morgan fingerprint density at radius 3 is 2.59 bits per heavy atom. The van der Waals surface area contributed by atoms with Crippen LogP contribution in [-0.4, -0.2) is 87.7 Å². The summed E-state index contributed by atoms with van der Waals surface area (Å²) in [4.78, 5) is 27.8. The maximum absolute atomic E-state index is 14.1. The number of nitrogens with zero attached hydrogens (tertiary/aromatic N) is 5. The van der Waals surface area contributed by atoms with Crippen LogP contribution in [0.3, 0.4) is 0 Å². The largest absolute Gasteiger partial charge is 0.474 e. The number of hydrogen-bond acceptors (Lipinski definition) is 9. The van der Waals surface area contributed by atoms with E-state index < -0.39 is 17.8 Å². The second-order valence-electron chi connectivity index (χ2n) is 11.1. The highest BCUT2D eigenvalue weighted by atomic mass is 19.3. The number of morpholine rings is 1. The third kappa shape index (κ3) is 7.08. The number of ether oxygens (including phenoxy) is 2. The molecule has 2 aromatic heterocycles. The number of halogens is 2. The topological polar surface area (TPSA) is 127 Å². The lowest BCUT2D eigenvalue weighted by molar-refractivity contribution is -0.121. The lowest BCUT2D eigenvalue weighted by atomic mass is 9.93. The van der Waals surface area contributed by atoms with Gasteiger partial charge in [0.25, 0.3) is 6.43 Å². The number of para-hydroxylation sites is 2. The zero-order valence-electron chi connectivity index (χ0n) is 23.4. The van der Waals surface area contributed by atoms with E-state index in [2.05, 4.69) is 25.6 Å². The van der Waals surface area contributed by atoms with E-state index in [4.69, 9.17) is 9.47 Å². The summed E-state index contributed by atoms with van der Waals surface area (Å²) in [7, 11) is 0. The molecule has 0 unspecified atom stereocenters. The first-order valence-corrected chi connectivity index (χ1v) is 14.0. The number of carbonyl (C=O) groups is 1. The average molecular weight is 574 g/mol. The number of aliphatic hydroxyl groups is 1. The molecule has 0 spiro atoms. The molecule has 1 aliphatic carbocycles. The molecule has 3 heterocycles. The highest BCUT2D eigenvalue weighted by Gasteiger charge is 2.27. The Morgan fingerprint density at radius 2 is 1.88 bits per heavy atom. The zero-order valence-corrected chi connectivity index (χ0v) is 23.4. The first-order chi connectivity index (χ1) is 19.7. The summed E-state index contributed by atoms with van der Waals surface area (Å²) in [6.07, 6.45) is -0.0923. The third-order valence-electron chi connectivity index (χ3n) is 7.43. The smallest absolute Gasteiger partial charge is 0.296 e. The van der Waals surface area contributed by atoms with Crippen LogP contribution in [0.25, 0.3) is 16.9 Å². The van der Waals surface area contributed by atoms with Crippen molar-refractivity contribution < 1.29 is 28.2 Å². The Labute approximate surface area is 237 Å². The SMILES string of the molecule is CC(C)(CO)NCC(=O)NC1CCC(Oc2cc(-n3c(C(F)F)nc4ccccc43)nc(N3CCOCC3)n2)CC1. The molecule has 13 heteroatoms. The fourth-order valence-corrected chi connectivity index (χ4v) is 5.06. The first kappa shape index (κ1) is 29.1. The number of hydrogen-bond donors (Lipinski definition) is 3. The Kier molecular flexibility index (Phi) is 8.95. The summed E-state index contributed by atoms with van der Waals surface area (Å²) in [5.74, 6) is 0.445. The van der Waals surface area contributed by atoms with E-state index in [-0.39, 0.29) is 37.0 Å². The van der Waals surface area contributed by atoms with E-state index in [0.29, 0.717) is 62.0 Å². The fourth-order valence-electron chi connectivity index (χ4n) is 5.06. The van der Waals surface area contributed by atoms with Crippen molar-refractivity contribution in [2.45, 2.75) is 63.6 Å². The molecular weight excluding hydrogens is 536 g/mol. The van der Waals surface area contributed by atoms with Gasteiger partial charge in [-0.1, -0.05) is 12.1 Å². The molecule has 5 rings (SSSR count). The molecule has 3 N–H and O–H groups in total. The van der Waals surface area contributed by atoms with Crippen molar-refractivity contribution in [1.82, 2.24) is 30.2 Å². The molecule has 1 saturated carbocycles. The van der Waals surface area contributed by atoms with Gasteiger partial charge in [0.2, 0.25) is 17.7 Å². The normalized spacial score (nSPS) is 20.0. The molecule has 1 saturated heterocycles. The third-order valence-corrected chi connectivity index (χ3v) is 7.43. The number of amides is 1. The maximum Gasteiger partial charge on any atom is 0.296 e. The van der Waals surface area contributed by atoms with Crippen LogP contribution in [0.4, 0.5) is 14.7 Å². The van der Waals surface area contributed by atoms with Gasteiger partial charge in [-0.25, -0.2) is 13.8 Å². The minimum Gasteiger partial charge on any atom is -0.474 e. The van der Waals surface area contributed by atoms with Crippen LogP contribution < -0.4 is 20.3 Å². The molecule has 41 heavy (non-hydrogen) atoms. The zero-order chi connectivity index (χ0) is 29.0. The van der Waals surface area contributed by atoms with E-state index in [0.717, 1.165) is 12.8 Å². The molecule has 11 nitrogen and oxygen atoms in total. The Hall–Kier alpha value is -3.42.